The van der Waals surface area contributed by atoms with Crippen molar-refractivity contribution in [1.82, 2.24) is 5.32 Å². The average molecular weight is 225 g/mol. The molecule has 0 aromatic carbocycles. The van der Waals surface area contributed by atoms with E-state index in [1.807, 2.05) is 5.32 Å². The van der Waals surface area contributed by atoms with E-state index in [1.165, 1.54) is 6.92 Å². The summed E-state index contributed by atoms with van der Waals surface area (Å²) in [6.07, 6.45) is -4.57. The van der Waals surface area contributed by atoms with E-state index in [-0.39, 0.29) is 6.61 Å². The summed E-state index contributed by atoms with van der Waals surface area (Å²) in [5.74, 6) is -5.78. The maximum atomic E-state index is 12.4. The third-order valence-electron chi connectivity index (χ3n) is 2.14. The highest BCUT2D eigenvalue weighted by molar-refractivity contribution is 5.99. The molecule has 1 N–H and O–H groups in total. The number of halogens is 3. The maximum Gasteiger partial charge on any atom is 0.394 e. The molecule has 0 saturated carbocycles. The lowest BCUT2D eigenvalue weighted by Crippen LogP contribution is -2.36. The lowest BCUT2D eigenvalue weighted by atomic mass is 9.95. The van der Waals surface area contributed by atoms with Gasteiger partial charge in [0.15, 0.2) is 0 Å². The molecule has 1 aliphatic rings. The zero-order chi connectivity index (χ0) is 11.6. The van der Waals surface area contributed by atoms with Gasteiger partial charge in [0.2, 0.25) is 5.91 Å². The number of hydrogen-bond acceptors (Lipinski definition) is 3. The molecule has 7 heteroatoms. The smallest absolute Gasteiger partial charge is 0.394 e. The molecule has 1 heterocycles. The van der Waals surface area contributed by atoms with Crippen LogP contribution in [-0.4, -0.2) is 31.2 Å². The fourth-order valence-electron chi connectivity index (χ4n) is 1.43. The Hall–Kier alpha value is -1.27. The second-order valence-corrected chi connectivity index (χ2v) is 3.12. The van der Waals surface area contributed by atoms with E-state index < -0.39 is 36.4 Å². The fourth-order valence-corrected chi connectivity index (χ4v) is 1.43. The quantitative estimate of drug-likeness (QED) is 0.549. The summed E-state index contributed by atoms with van der Waals surface area (Å²) in [6, 6.07) is 0. The van der Waals surface area contributed by atoms with Crippen LogP contribution in [0.15, 0.2) is 0 Å². The molecule has 0 radical (unpaired) electrons. The van der Waals surface area contributed by atoms with Crippen LogP contribution >= 0.6 is 0 Å². The molecule has 1 rings (SSSR count). The number of carbonyl (C=O) groups excluding carboxylic acids is 2. The molecule has 0 aromatic rings. The summed E-state index contributed by atoms with van der Waals surface area (Å²) in [7, 11) is 0. The van der Waals surface area contributed by atoms with Crippen LogP contribution in [0.5, 0.6) is 0 Å². The zero-order valence-electron chi connectivity index (χ0n) is 7.93. The van der Waals surface area contributed by atoms with Crippen LogP contribution in [0, 0.1) is 11.8 Å². The summed E-state index contributed by atoms with van der Waals surface area (Å²) in [5.41, 5.74) is 0. The summed E-state index contributed by atoms with van der Waals surface area (Å²) < 4.78 is 41.6. The second-order valence-electron chi connectivity index (χ2n) is 3.12. The van der Waals surface area contributed by atoms with Crippen LogP contribution in [0.2, 0.25) is 0 Å². The lowest BCUT2D eigenvalue weighted by Gasteiger charge is -2.18. The molecule has 86 valence electrons. The SMILES string of the molecule is CCOC(=O)[C@H]1C(=O)NC[C@H]1C(F)(F)F. The third kappa shape index (κ3) is 2.40. The first-order valence-corrected chi connectivity index (χ1v) is 4.39. The topological polar surface area (TPSA) is 55.4 Å². The van der Waals surface area contributed by atoms with Crippen molar-refractivity contribution in [3.63, 3.8) is 0 Å². The van der Waals surface area contributed by atoms with Gasteiger partial charge in [-0.25, -0.2) is 0 Å². The lowest BCUT2D eigenvalue weighted by molar-refractivity contribution is -0.190. The fraction of sp³-hybridized carbons (Fsp3) is 0.750. The number of ether oxygens (including phenoxy) is 1. The molecular formula is C8H10F3NO3. The molecule has 0 bridgehead atoms. The Morgan fingerprint density at radius 1 is 1.60 bits per heavy atom. The number of esters is 1. The molecule has 4 nitrogen and oxygen atoms in total. The van der Waals surface area contributed by atoms with Crippen LogP contribution in [0.25, 0.3) is 0 Å². The Labute approximate surface area is 83.8 Å². The summed E-state index contributed by atoms with van der Waals surface area (Å²) in [6.45, 7) is 0.854. The molecule has 0 unspecified atom stereocenters. The highest BCUT2D eigenvalue weighted by Crippen LogP contribution is 2.35. The largest absolute Gasteiger partial charge is 0.465 e. The van der Waals surface area contributed by atoms with Gasteiger partial charge in [0.05, 0.1) is 12.5 Å². The first-order valence-electron chi connectivity index (χ1n) is 4.39. The molecule has 0 aliphatic carbocycles. The van der Waals surface area contributed by atoms with E-state index in [1.54, 1.807) is 0 Å². The molecule has 1 aliphatic heterocycles. The average Bonchev–Trinajstić information content (AvgIpc) is 2.46. The van der Waals surface area contributed by atoms with Crippen molar-refractivity contribution in [3.8, 4) is 0 Å². The number of hydrogen-bond donors (Lipinski definition) is 1. The van der Waals surface area contributed by atoms with Gasteiger partial charge in [-0.1, -0.05) is 0 Å². The van der Waals surface area contributed by atoms with Crippen molar-refractivity contribution in [1.29, 1.82) is 0 Å². The minimum Gasteiger partial charge on any atom is -0.465 e. The molecule has 2 atom stereocenters. The van der Waals surface area contributed by atoms with Gasteiger partial charge in [-0.15, -0.1) is 0 Å². The molecule has 1 saturated heterocycles. The highest BCUT2D eigenvalue weighted by atomic mass is 19.4. The van der Waals surface area contributed by atoms with Crippen LogP contribution in [0.3, 0.4) is 0 Å². The van der Waals surface area contributed by atoms with Gasteiger partial charge in [-0.3, -0.25) is 9.59 Å². The van der Waals surface area contributed by atoms with E-state index in [2.05, 4.69) is 4.74 Å². The summed E-state index contributed by atoms with van der Waals surface area (Å²) in [4.78, 5) is 22.2. The van der Waals surface area contributed by atoms with Gasteiger partial charge in [0, 0.05) is 6.54 Å². The van der Waals surface area contributed by atoms with Crippen LogP contribution in [0.1, 0.15) is 6.92 Å². The molecule has 0 aromatic heterocycles. The number of carbonyl (C=O) groups is 2. The second kappa shape index (κ2) is 4.08. The van der Waals surface area contributed by atoms with Gasteiger partial charge >= 0.3 is 12.1 Å². The maximum absolute atomic E-state index is 12.4. The number of nitrogens with one attached hydrogen (secondary N) is 1. The zero-order valence-corrected chi connectivity index (χ0v) is 7.93. The van der Waals surface area contributed by atoms with Crippen LogP contribution in [0.4, 0.5) is 13.2 Å². The predicted molar refractivity (Wildman–Crippen MR) is 42.7 cm³/mol. The molecule has 1 amide bonds. The Morgan fingerprint density at radius 3 is 2.67 bits per heavy atom. The number of rotatable bonds is 2. The van der Waals surface area contributed by atoms with Crippen LogP contribution in [-0.2, 0) is 14.3 Å². The van der Waals surface area contributed by atoms with Gasteiger partial charge in [0.1, 0.15) is 5.92 Å². The van der Waals surface area contributed by atoms with E-state index in [4.69, 9.17) is 0 Å². The minimum atomic E-state index is -4.57. The molecule has 15 heavy (non-hydrogen) atoms. The molecular weight excluding hydrogens is 215 g/mol. The number of amides is 1. The molecule has 1 fully saturated rings. The summed E-state index contributed by atoms with van der Waals surface area (Å²) in [5, 5.41) is 2.01. The highest BCUT2D eigenvalue weighted by Gasteiger charge is 2.54. The first kappa shape index (κ1) is 11.8. The van der Waals surface area contributed by atoms with Gasteiger partial charge in [-0.05, 0) is 6.92 Å². The van der Waals surface area contributed by atoms with Crippen molar-refractivity contribution >= 4 is 11.9 Å². The predicted octanol–water partition coefficient (Wildman–Crippen LogP) is 0.474. The van der Waals surface area contributed by atoms with E-state index >= 15 is 0 Å². The Morgan fingerprint density at radius 2 is 2.20 bits per heavy atom. The standard InChI is InChI=1S/C8H10F3NO3/c1-2-15-7(14)5-4(8(9,10)11)3-12-6(5)13/h4-5H,2-3H2,1H3,(H,12,13)/t4-,5-/m1/s1. The van der Waals surface area contributed by atoms with E-state index in [9.17, 15) is 22.8 Å². The molecule has 0 spiro atoms. The Kier molecular flexibility index (Phi) is 3.21. The summed E-state index contributed by atoms with van der Waals surface area (Å²) >= 11 is 0. The van der Waals surface area contributed by atoms with Crippen LogP contribution < -0.4 is 5.32 Å². The van der Waals surface area contributed by atoms with Gasteiger partial charge in [-0.2, -0.15) is 13.2 Å². The van der Waals surface area contributed by atoms with Crippen molar-refractivity contribution in [2.45, 2.75) is 13.1 Å². The Balaban J connectivity index is 2.82. The Bertz CT molecular complexity index is 277. The third-order valence-corrected chi connectivity index (χ3v) is 2.14. The monoisotopic (exact) mass is 225 g/mol. The van der Waals surface area contributed by atoms with Crippen molar-refractivity contribution in [2.75, 3.05) is 13.2 Å². The van der Waals surface area contributed by atoms with Gasteiger partial charge in [0.25, 0.3) is 0 Å². The van der Waals surface area contributed by atoms with Crippen molar-refractivity contribution in [2.24, 2.45) is 11.8 Å². The normalized spacial score (nSPS) is 26.3. The van der Waals surface area contributed by atoms with Crippen molar-refractivity contribution < 1.29 is 27.5 Å². The minimum absolute atomic E-state index is 0.0484. The van der Waals surface area contributed by atoms with E-state index in [0.29, 0.717) is 0 Å². The number of alkyl halides is 3. The first-order chi connectivity index (χ1) is 6.88. The van der Waals surface area contributed by atoms with E-state index in [0.717, 1.165) is 0 Å². The van der Waals surface area contributed by atoms with Gasteiger partial charge < -0.3 is 10.1 Å². The van der Waals surface area contributed by atoms with Crippen molar-refractivity contribution in [3.05, 3.63) is 0 Å².